The van der Waals surface area contributed by atoms with E-state index in [0.29, 0.717) is 23.7 Å². The van der Waals surface area contributed by atoms with Crippen LogP contribution in [-0.4, -0.2) is 57.6 Å². The Morgan fingerprint density at radius 2 is 2.21 bits per heavy atom. The van der Waals surface area contributed by atoms with Crippen molar-refractivity contribution in [1.29, 1.82) is 0 Å². The highest BCUT2D eigenvalue weighted by Gasteiger charge is 2.31. The van der Waals surface area contributed by atoms with E-state index in [9.17, 15) is 9.90 Å². The van der Waals surface area contributed by atoms with Gasteiger partial charge < -0.3 is 14.7 Å². The molecule has 2 aromatic rings. The van der Waals surface area contributed by atoms with Crippen LogP contribution in [0.2, 0.25) is 5.02 Å². The monoisotopic (exact) mass is 349 g/mol. The number of amides is 1. The van der Waals surface area contributed by atoms with Gasteiger partial charge in [-0.2, -0.15) is 5.10 Å². The van der Waals surface area contributed by atoms with Gasteiger partial charge in [0.1, 0.15) is 0 Å². The lowest BCUT2D eigenvalue weighted by Crippen LogP contribution is -2.52. The number of morpholine rings is 1. The molecule has 1 N–H and O–H groups in total. The van der Waals surface area contributed by atoms with E-state index in [1.165, 1.54) is 0 Å². The maximum atomic E-state index is 12.9. The van der Waals surface area contributed by atoms with Crippen LogP contribution in [0.5, 0.6) is 0 Å². The van der Waals surface area contributed by atoms with Gasteiger partial charge in [-0.1, -0.05) is 23.7 Å². The molecule has 2 heterocycles. The normalized spacial score (nSPS) is 21.1. The lowest BCUT2D eigenvalue weighted by atomic mass is 10.1. The number of carbonyl (C=O) groups excluding carboxylic acids is 1. The summed E-state index contributed by atoms with van der Waals surface area (Å²) in [4.78, 5) is 14.7. The van der Waals surface area contributed by atoms with Crippen molar-refractivity contribution >= 4 is 17.5 Å². The number of benzene rings is 1. The van der Waals surface area contributed by atoms with Crippen LogP contribution in [0.4, 0.5) is 0 Å². The molecule has 1 aromatic carbocycles. The van der Waals surface area contributed by atoms with E-state index in [2.05, 4.69) is 5.10 Å². The smallest absolute Gasteiger partial charge is 0.257 e. The topological polar surface area (TPSA) is 67.6 Å². The molecule has 3 rings (SSSR count). The molecule has 0 aliphatic carbocycles. The van der Waals surface area contributed by atoms with Crippen LogP contribution in [-0.2, 0) is 4.74 Å². The summed E-state index contributed by atoms with van der Waals surface area (Å²) in [5.74, 6) is -0.111. The summed E-state index contributed by atoms with van der Waals surface area (Å²) in [7, 11) is 0. The fourth-order valence-corrected chi connectivity index (χ4v) is 3.07. The zero-order valence-electron chi connectivity index (χ0n) is 13.6. The van der Waals surface area contributed by atoms with Gasteiger partial charge in [0, 0.05) is 6.54 Å². The average Bonchev–Trinajstić information content (AvgIpc) is 2.96. The van der Waals surface area contributed by atoms with Gasteiger partial charge >= 0.3 is 0 Å². The summed E-state index contributed by atoms with van der Waals surface area (Å²) < 4.78 is 7.16. The largest absolute Gasteiger partial charge is 0.394 e. The number of ether oxygens (including phenoxy) is 1. The minimum Gasteiger partial charge on any atom is -0.394 e. The molecule has 2 atom stereocenters. The third kappa shape index (κ3) is 3.05. The average molecular weight is 350 g/mol. The number of aliphatic hydroxyl groups excluding tert-OH is 1. The van der Waals surface area contributed by atoms with Crippen molar-refractivity contribution in [2.45, 2.75) is 26.0 Å². The first-order valence-electron chi connectivity index (χ1n) is 7.86. The number of halogens is 1. The summed E-state index contributed by atoms with van der Waals surface area (Å²) >= 11 is 6.23. The molecule has 1 aromatic heterocycles. The highest BCUT2D eigenvalue weighted by Crippen LogP contribution is 2.23. The van der Waals surface area contributed by atoms with Crippen LogP contribution >= 0.6 is 11.6 Å². The second-order valence-corrected chi connectivity index (χ2v) is 6.36. The molecular weight excluding hydrogens is 330 g/mol. The summed E-state index contributed by atoms with van der Waals surface area (Å²) in [6.45, 7) is 4.45. The van der Waals surface area contributed by atoms with Gasteiger partial charge in [-0.25, -0.2) is 4.68 Å². The van der Waals surface area contributed by atoms with E-state index in [0.717, 1.165) is 11.4 Å². The zero-order chi connectivity index (χ0) is 17.3. The molecule has 2 unspecified atom stereocenters. The number of carbonyl (C=O) groups is 1. The van der Waals surface area contributed by atoms with Crippen LogP contribution < -0.4 is 0 Å². The fourth-order valence-electron chi connectivity index (χ4n) is 2.85. The van der Waals surface area contributed by atoms with Gasteiger partial charge in [0.2, 0.25) is 0 Å². The fraction of sp³-hybridized carbons (Fsp3) is 0.412. The number of nitrogens with zero attached hydrogens (tertiary/aromatic N) is 3. The second-order valence-electron chi connectivity index (χ2n) is 5.95. The summed E-state index contributed by atoms with van der Waals surface area (Å²) in [5.41, 5.74) is 1.99. The number of aliphatic hydroxyl groups is 1. The van der Waals surface area contributed by atoms with Crippen molar-refractivity contribution in [1.82, 2.24) is 14.7 Å². The predicted octanol–water partition coefficient (Wildman–Crippen LogP) is 2.06. The van der Waals surface area contributed by atoms with Crippen LogP contribution in [0.1, 0.15) is 23.0 Å². The van der Waals surface area contributed by atoms with Crippen LogP contribution in [0.15, 0.2) is 30.5 Å². The number of aromatic nitrogens is 2. The maximum Gasteiger partial charge on any atom is 0.257 e. The van der Waals surface area contributed by atoms with Gasteiger partial charge in [0.15, 0.2) is 0 Å². The molecular formula is C17H20ClN3O3. The molecule has 0 spiro atoms. The summed E-state index contributed by atoms with van der Waals surface area (Å²) in [5, 5.41) is 14.2. The predicted molar refractivity (Wildman–Crippen MR) is 90.6 cm³/mol. The minimum atomic E-state index is -0.343. The molecule has 1 aliphatic heterocycles. The zero-order valence-corrected chi connectivity index (χ0v) is 14.4. The van der Waals surface area contributed by atoms with Crippen LogP contribution in [0, 0.1) is 6.92 Å². The SMILES string of the molecule is Cc1c(C(=O)N2CC(CO)OCC2C)cnn1-c1ccccc1Cl. The highest BCUT2D eigenvalue weighted by atomic mass is 35.5. The Kier molecular flexibility index (Phi) is 4.89. The van der Waals surface area contributed by atoms with Crippen molar-refractivity contribution in [3.8, 4) is 5.69 Å². The van der Waals surface area contributed by atoms with Crippen LogP contribution in [0.25, 0.3) is 5.69 Å². The first kappa shape index (κ1) is 17.0. The Bertz CT molecular complexity index is 746. The third-order valence-electron chi connectivity index (χ3n) is 4.29. The van der Waals surface area contributed by atoms with Gasteiger partial charge in [-0.05, 0) is 26.0 Å². The second kappa shape index (κ2) is 6.93. The summed E-state index contributed by atoms with van der Waals surface area (Å²) in [6, 6.07) is 7.31. The van der Waals surface area contributed by atoms with Crippen molar-refractivity contribution < 1.29 is 14.6 Å². The Morgan fingerprint density at radius 1 is 1.46 bits per heavy atom. The molecule has 6 nitrogen and oxygen atoms in total. The van der Waals surface area contributed by atoms with E-state index >= 15 is 0 Å². The quantitative estimate of drug-likeness (QED) is 0.921. The Balaban J connectivity index is 1.90. The summed E-state index contributed by atoms with van der Waals surface area (Å²) in [6.07, 6.45) is 1.22. The molecule has 1 amide bonds. The lowest BCUT2D eigenvalue weighted by molar-refractivity contribution is -0.0667. The van der Waals surface area contributed by atoms with Crippen molar-refractivity contribution in [3.63, 3.8) is 0 Å². The van der Waals surface area contributed by atoms with E-state index < -0.39 is 0 Å². The van der Waals surface area contributed by atoms with Gasteiger partial charge in [0.25, 0.3) is 5.91 Å². The molecule has 128 valence electrons. The molecule has 1 fully saturated rings. The van der Waals surface area contributed by atoms with E-state index in [4.69, 9.17) is 16.3 Å². The highest BCUT2D eigenvalue weighted by molar-refractivity contribution is 6.32. The standard InChI is InChI=1S/C17H20ClN3O3/c1-11-10-24-13(9-22)8-20(11)17(23)14-7-19-21(12(14)2)16-6-4-3-5-15(16)18/h3-7,11,13,22H,8-10H2,1-2H3. The number of hydrogen-bond acceptors (Lipinski definition) is 4. The van der Waals surface area contributed by atoms with Gasteiger partial charge in [-0.15, -0.1) is 0 Å². The van der Waals surface area contributed by atoms with Crippen molar-refractivity contribution in [2.24, 2.45) is 0 Å². The van der Waals surface area contributed by atoms with Crippen molar-refractivity contribution in [3.05, 3.63) is 46.7 Å². The van der Waals surface area contributed by atoms with Crippen molar-refractivity contribution in [2.75, 3.05) is 19.8 Å². The van der Waals surface area contributed by atoms with E-state index in [1.807, 2.05) is 32.0 Å². The van der Waals surface area contributed by atoms with Gasteiger partial charge in [-0.3, -0.25) is 4.79 Å². The van der Waals surface area contributed by atoms with Gasteiger partial charge in [0.05, 0.1) is 53.5 Å². The first-order chi connectivity index (χ1) is 11.5. The first-order valence-corrected chi connectivity index (χ1v) is 8.23. The van der Waals surface area contributed by atoms with Crippen LogP contribution in [0.3, 0.4) is 0 Å². The molecule has 24 heavy (non-hydrogen) atoms. The maximum absolute atomic E-state index is 12.9. The third-order valence-corrected chi connectivity index (χ3v) is 4.61. The Hall–Kier alpha value is -1.89. The number of hydrogen-bond donors (Lipinski definition) is 1. The number of rotatable bonds is 3. The number of para-hydroxylation sites is 1. The molecule has 0 bridgehead atoms. The minimum absolute atomic E-state index is 0.0524. The molecule has 1 aliphatic rings. The lowest BCUT2D eigenvalue weighted by Gasteiger charge is -2.37. The molecule has 0 saturated carbocycles. The Labute approximate surface area is 145 Å². The molecule has 0 radical (unpaired) electrons. The molecule has 7 heteroatoms. The van der Waals surface area contributed by atoms with E-state index in [-0.39, 0.29) is 24.7 Å². The molecule has 1 saturated heterocycles. The van der Waals surface area contributed by atoms with E-state index in [1.54, 1.807) is 21.8 Å². The Morgan fingerprint density at radius 3 is 2.92 bits per heavy atom.